The molecule has 0 spiro atoms. The van der Waals surface area contributed by atoms with Crippen molar-refractivity contribution in [3.05, 3.63) is 39.6 Å². The Hall–Kier alpha value is -2.35. The largest absolute Gasteiger partial charge is 0.459 e. The van der Waals surface area contributed by atoms with Crippen molar-refractivity contribution in [2.24, 2.45) is 0 Å². The fraction of sp³-hybridized carbons (Fsp3) is 0.182. The molecule has 0 atom stereocenters. The molecule has 0 aliphatic carbocycles. The SMILES string of the molecule is CCc1oc2cc([N+](=O)[O-])ccc2c1C#N. The van der Waals surface area contributed by atoms with Gasteiger partial charge in [0.1, 0.15) is 23.0 Å². The van der Waals surface area contributed by atoms with E-state index >= 15 is 0 Å². The minimum atomic E-state index is -0.486. The van der Waals surface area contributed by atoms with Gasteiger partial charge < -0.3 is 4.42 Å². The molecule has 0 radical (unpaired) electrons. The number of non-ortho nitro benzene ring substituents is 1. The number of nitriles is 1. The van der Waals surface area contributed by atoms with Gasteiger partial charge in [0.25, 0.3) is 5.69 Å². The fourth-order valence-electron chi connectivity index (χ4n) is 1.62. The van der Waals surface area contributed by atoms with Crippen LogP contribution in [0.25, 0.3) is 11.0 Å². The molecule has 1 aromatic heterocycles. The van der Waals surface area contributed by atoms with E-state index in [1.807, 2.05) is 6.92 Å². The summed E-state index contributed by atoms with van der Waals surface area (Å²) < 4.78 is 5.40. The molecular weight excluding hydrogens is 208 g/mol. The first-order chi connectivity index (χ1) is 7.67. The predicted molar refractivity (Wildman–Crippen MR) is 57.0 cm³/mol. The smallest absolute Gasteiger partial charge is 0.273 e. The van der Waals surface area contributed by atoms with Crippen LogP contribution >= 0.6 is 0 Å². The van der Waals surface area contributed by atoms with Crippen molar-refractivity contribution in [2.75, 3.05) is 0 Å². The zero-order valence-corrected chi connectivity index (χ0v) is 8.56. The van der Waals surface area contributed by atoms with Gasteiger partial charge in [0.2, 0.25) is 0 Å². The van der Waals surface area contributed by atoms with Gasteiger partial charge in [0, 0.05) is 17.9 Å². The van der Waals surface area contributed by atoms with Crippen LogP contribution in [0.15, 0.2) is 22.6 Å². The van der Waals surface area contributed by atoms with E-state index in [0.29, 0.717) is 28.7 Å². The molecule has 5 nitrogen and oxygen atoms in total. The molecular formula is C11H8N2O3. The number of furan rings is 1. The lowest BCUT2D eigenvalue weighted by Crippen LogP contribution is -1.86. The average Bonchev–Trinajstić information content (AvgIpc) is 2.65. The number of benzene rings is 1. The number of nitro groups is 1. The highest BCUT2D eigenvalue weighted by Crippen LogP contribution is 2.28. The number of hydrogen-bond acceptors (Lipinski definition) is 4. The van der Waals surface area contributed by atoms with Crippen LogP contribution in [-0.4, -0.2) is 4.92 Å². The summed E-state index contributed by atoms with van der Waals surface area (Å²) in [5, 5.41) is 20.2. The molecule has 0 unspecified atom stereocenters. The van der Waals surface area contributed by atoms with Gasteiger partial charge in [0.05, 0.1) is 11.0 Å². The summed E-state index contributed by atoms with van der Waals surface area (Å²) >= 11 is 0. The second kappa shape index (κ2) is 3.66. The molecule has 16 heavy (non-hydrogen) atoms. The molecule has 0 saturated carbocycles. The Balaban J connectivity index is 2.73. The number of rotatable bonds is 2. The standard InChI is InChI=1S/C11H8N2O3/c1-2-10-9(6-12)8-4-3-7(13(14)15)5-11(8)16-10/h3-5H,2H2,1H3. The predicted octanol–water partition coefficient (Wildman–Crippen LogP) is 2.78. The summed E-state index contributed by atoms with van der Waals surface area (Å²) in [6.45, 7) is 1.87. The lowest BCUT2D eigenvalue weighted by Gasteiger charge is -1.90. The quantitative estimate of drug-likeness (QED) is 0.571. The van der Waals surface area contributed by atoms with Gasteiger partial charge in [-0.05, 0) is 6.07 Å². The highest BCUT2D eigenvalue weighted by molar-refractivity contribution is 5.86. The summed E-state index contributed by atoms with van der Waals surface area (Å²) in [6.07, 6.45) is 0.589. The number of aryl methyl sites for hydroxylation is 1. The minimum absolute atomic E-state index is 0.0339. The Morgan fingerprint density at radius 1 is 1.56 bits per heavy atom. The summed E-state index contributed by atoms with van der Waals surface area (Å²) in [5.41, 5.74) is 0.823. The molecule has 2 rings (SSSR count). The van der Waals surface area contributed by atoms with E-state index in [9.17, 15) is 10.1 Å². The second-order valence-corrected chi connectivity index (χ2v) is 3.30. The van der Waals surface area contributed by atoms with E-state index in [1.54, 1.807) is 6.07 Å². The third-order valence-corrected chi connectivity index (χ3v) is 2.39. The van der Waals surface area contributed by atoms with Gasteiger partial charge >= 0.3 is 0 Å². The maximum atomic E-state index is 10.6. The minimum Gasteiger partial charge on any atom is -0.459 e. The van der Waals surface area contributed by atoms with Gasteiger partial charge in [-0.15, -0.1) is 0 Å². The van der Waals surface area contributed by atoms with Crippen LogP contribution in [0.1, 0.15) is 18.2 Å². The van der Waals surface area contributed by atoms with E-state index in [2.05, 4.69) is 6.07 Å². The van der Waals surface area contributed by atoms with E-state index < -0.39 is 4.92 Å². The third kappa shape index (κ3) is 1.41. The summed E-state index contributed by atoms with van der Waals surface area (Å²) in [6, 6.07) is 6.32. The van der Waals surface area contributed by atoms with Crippen molar-refractivity contribution in [3.63, 3.8) is 0 Å². The van der Waals surface area contributed by atoms with E-state index in [0.717, 1.165) is 0 Å². The Morgan fingerprint density at radius 3 is 2.88 bits per heavy atom. The number of hydrogen-bond donors (Lipinski definition) is 0. The van der Waals surface area contributed by atoms with E-state index in [1.165, 1.54) is 12.1 Å². The molecule has 0 saturated heterocycles. The zero-order chi connectivity index (χ0) is 11.7. The van der Waals surface area contributed by atoms with Crippen molar-refractivity contribution in [1.82, 2.24) is 0 Å². The van der Waals surface area contributed by atoms with E-state index in [-0.39, 0.29) is 5.69 Å². The first kappa shape index (κ1) is 10.2. The molecule has 0 aliphatic heterocycles. The van der Waals surface area contributed by atoms with Crippen molar-refractivity contribution in [1.29, 1.82) is 5.26 Å². The number of nitro benzene ring substituents is 1. The second-order valence-electron chi connectivity index (χ2n) is 3.30. The van der Waals surface area contributed by atoms with Crippen LogP contribution < -0.4 is 0 Å². The van der Waals surface area contributed by atoms with Crippen LogP contribution in [0.2, 0.25) is 0 Å². The number of fused-ring (bicyclic) bond motifs is 1. The van der Waals surface area contributed by atoms with Gasteiger partial charge in [0.15, 0.2) is 0 Å². The highest BCUT2D eigenvalue weighted by Gasteiger charge is 2.15. The monoisotopic (exact) mass is 216 g/mol. The topological polar surface area (TPSA) is 80.1 Å². The average molecular weight is 216 g/mol. The third-order valence-electron chi connectivity index (χ3n) is 2.39. The van der Waals surface area contributed by atoms with Gasteiger partial charge in [-0.2, -0.15) is 5.26 Å². The lowest BCUT2D eigenvalue weighted by molar-refractivity contribution is -0.384. The molecule has 0 bridgehead atoms. The summed E-state index contributed by atoms with van der Waals surface area (Å²) in [7, 11) is 0. The molecule has 0 amide bonds. The molecule has 0 fully saturated rings. The maximum Gasteiger partial charge on any atom is 0.273 e. The Morgan fingerprint density at radius 2 is 2.31 bits per heavy atom. The zero-order valence-electron chi connectivity index (χ0n) is 8.56. The Bertz CT molecular complexity index is 607. The number of nitrogens with zero attached hydrogens (tertiary/aromatic N) is 2. The molecule has 1 aromatic carbocycles. The van der Waals surface area contributed by atoms with Gasteiger partial charge in [-0.25, -0.2) is 0 Å². The van der Waals surface area contributed by atoms with Crippen molar-refractivity contribution in [2.45, 2.75) is 13.3 Å². The highest BCUT2D eigenvalue weighted by atomic mass is 16.6. The van der Waals surface area contributed by atoms with Gasteiger partial charge in [-0.3, -0.25) is 10.1 Å². The van der Waals surface area contributed by atoms with Gasteiger partial charge in [-0.1, -0.05) is 6.92 Å². The maximum absolute atomic E-state index is 10.6. The van der Waals surface area contributed by atoms with Crippen LogP contribution in [0, 0.1) is 21.4 Å². The lowest BCUT2D eigenvalue weighted by atomic mass is 10.1. The van der Waals surface area contributed by atoms with Crippen molar-refractivity contribution in [3.8, 4) is 6.07 Å². The van der Waals surface area contributed by atoms with Crippen molar-refractivity contribution >= 4 is 16.7 Å². The fourth-order valence-corrected chi connectivity index (χ4v) is 1.62. The summed E-state index contributed by atoms with van der Waals surface area (Å²) in [5.74, 6) is 0.568. The molecule has 80 valence electrons. The first-order valence-corrected chi connectivity index (χ1v) is 4.77. The molecule has 1 heterocycles. The van der Waals surface area contributed by atoms with Crippen molar-refractivity contribution < 1.29 is 9.34 Å². The Kier molecular flexibility index (Phi) is 2.33. The first-order valence-electron chi connectivity index (χ1n) is 4.77. The molecule has 0 N–H and O–H groups in total. The van der Waals surface area contributed by atoms with E-state index in [4.69, 9.17) is 9.68 Å². The normalized spacial score (nSPS) is 10.2. The summed E-state index contributed by atoms with van der Waals surface area (Å²) in [4.78, 5) is 10.1. The molecule has 0 aliphatic rings. The molecule has 2 aromatic rings. The van der Waals surface area contributed by atoms with Crippen LogP contribution in [0.5, 0.6) is 0 Å². The molecule has 5 heteroatoms. The Labute approximate surface area is 91.0 Å². The van der Waals surface area contributed by atoms with Crippen LogP contribution in [-0.2, 0) is 6.42 Å². The van der Waals surface area contributed by atoms with Crippen LogP contribution in [0.4, 0.5) is 5.69 Å². The van der Waals surface area contributed by atoms with Crippen LogP contribution in [0.3, 0.4) is 0 Å².